The third kappa shape index (κ3) is 4.20. The van der Waals surface area contributed by atoms with Crippen LogP contribution in [0.15, 0.2) is 48.2 Å². The molecule has 0 radical (unpaired) electrons. The van der Waals surface area contributed by atoms with Crippen molar-refractivity contribution >= 4 is 27.7 Å². The highest BCUT2D eigenvalue weighted by atomic mass is 79.9. The molecule has 0 spiro atoms. The van der Waals surface area contributed by atoms with E-state index in [9.17, 15) is 4.39 Å². The summed E-state index contributed by atoms with van der Waals surface area (Å²) in [6.45, 7) is 2.02. The van der Waals surface area contributed by atoms with Crippen LogP contribution >= 0.6 is 15.9 Å². The number of hydrogen-bond donors (Lipinski definition) is 1. The van der Waals surface area contributed by atoms with Crippen LogP contribution < -0.4 is 5.32 Å². The molecule has 120 valence electrons. The number of pyridine rings is 1. The maximum atomic E-state index is 13.0. The molecule has 0 bridgehead atoms. The van der Waals surface area contributed by atoms with Gasteiger partial charge in [-0.2, -0.15) is 0 Å². The molecule has 0 amide bonds. The number of aromatic nitrogens is 1. The molecule has 4 heteroatoms. The largest absolute Gasteiger partial charge is 0.381 e. The van der Waals surface area contributed by atoms with Gasteiger partial charge in [0.25, 0.3) is 0 Å². The van der Waals surface area contributed by atoms with Crippen LogP contribution in [0.1, 0.15) is 30.5 Å². The van der Waals surface area contributed by atoms with E-state index in [0.29, 0.717) is 10.9 Å². The average Bonchev–Trinajstić information content (AvgIpc) is 2.54. The summed E-state index contributed by atoms with van der Waals surface area (Å²) in [4.78, 5) is 4.67. The maximum Gasteiger partial charge on any atom is 0.123 e. The van der Waals surface area contributed by atoms with E-state index >= 15 is 0 Å². The maximum absolute atomic E-state index is 13.0. The lowest BCUT2D eigenvalue weighted by Crippen LogP contribution is -2.29. The van der Waals surface area contributed by atoms with Crippen molar-refractivity contribution in [3.63, 3.8) is 0 Å². The number of halogens is 2. The van der Waals surface area contributed by atoms with Crippen molar-refractivity contribution in [1.29, 1.82) is 0 Å². The second kappa shape index (κ2) is 7.26. The Balaban J connectivity index is 1.65. The summed E-state index contributed by atoms with van der Waals surface area (Å²) < 4.78 is 13.0. The fourth-order valence-electron chi connectivity index (χ4n) is 2.94. The van der Waals surface area contributed by atoms with E-state index in [1.807, 2.05) is 31.3 Å². The van der Waals surface area contributed by atoms with Gasteiger partial charge in [0, 0.05) is 17.1 Å². The Labute approximate surface area is 145 Å². The molecular weight excluding hydrogens is 355 g/mol. The molecule has 1 N–H and O–H groups in total. The van der Waals surface area contributed by atoms with Gasteiger partial charge in [-0.3, -0.25) is 4.98 Å². The highest BCUT2D eigenvalue weighted by Crippen LogP contribution is 2.33. The standard InChI is InChI=1S/C19H20BrFN2/c1-13-19(3-2-10-22-13)23-17-9-6-15(18(20)12-17)11-14-4-7-16(21)8-5-14/h2-5,7-8,10-11,17-18,23H,6,9,12H2,1H3/b15-11+. The van der Waals surface area contributed by atoms with Crippen LogP contribution in [0.5, 0.6) is 0 Å². The van der Waals surface area contributed by atoms with Crippen LogP contribution in [-0.2, 0) is 0 Å². The van der Waals surface area contributed by atoms with Crippen molar-refractivity contribution in [1.82, 2.24) is 4.98 Å². The molecule has 2 aromatic rings. The Kier molecular flexibility index (Phi) is 5.11. The van der Waals surface area contributed by atoms with Gasteiger partial charge in [-0.15, -0.1) is 0 Å². The van der Waals surface area contributed by atoms with Crippen LogP contribution in [0.3, 0.4) is 0 Å². The van der Waals surface area contributed by atoms with Gasteiger partial charge >= 0.3 is 0 Å². The van der Waals surface area contributed by atoms with Crippen LogP contribution in [0.2, 0.25) is 0 Å². The number of nitrogens with one attached hydrogen (secondary N) is 1. The average molecular weight is 375 g/mol. The Morgan fingerprint density at radius 1 is 1.26 bits per heavy atom. The monoisotopic (exact) mass is 374 g/mol. The van der Waals surface area contributed by atoms with E-state index in [-0.39, 0.29) is 5.82 Å². The minimum absolute atomic E-state index is 0.192. The van der Waals surface area contributed by atoms with Crippen molar-refractivity contribution in [2.24, 2.45) is 0 Å². The van der Waals surface area contributed by atoms with Crippen LogP contribution in [0, 0.1) is 12.7 Å². The zero-order valence-electron chi connectivity index (χ0n) is 13.1. The number of anilines is 1. The van der Waals surface area contributed by atoms with Gasteiger partial charge in [0.1, 0.15) is 5.82 Å². The van der Waals surface area contributed by atoms with Gasteiger partial charge in [0.2, 0.25) is 0 Å². The molecule has 1 aromatic heterocycles. The summed E-state index contributed by atoms with van der Waals surface area (Å²) in [7, 11) is 0. The van der Waals surface area contributed by atoms with Crippen molar-refractivity contribution in [3.05, 3.63) is 65.2 Å². The second-order valence-corrected chi connectivity index (χ2v) is 7.10. The second-order valence-electron chi connectivity index (χ2n) is 5.99. The molecule has 1 fully saturated rings. The SMILES string of the molecule is Cc1ncccc1NC1CC/C(=C\c2ccc(F)cc2)C(Br)C1. The predicted octanol–water partition coefficient (Wildman–Crippen LogP) is 5.34. The number of aryl methyl sites for hydroxylation is 1. The number of benzene rings is 1. The van der Waals surface area contributed by atoms with Gasteiger partial charge in [-0.05, 0) is 56.0 Å². The zero-order valence-corrected chi connectivity index (χ0v) is 14.7. The van der Waals surface area contributed by atoms with Gasteiger partial charge < -0.3 is 5.32 Å². The zero-order chi connectivity index (χ0) is 16.2. The molecule has 23 heavy (non-hydrogen) atoms. The summed E-state index contributed by atoms with van der Waals surface area (Å²) in [6, 6.07) is 11.1. The first kappa shape index (κ1) is 16.2. The third-order valence-electron chi connectivity index (χ3n) is 4.26. The number of hydrogen-bond acceptors (Lipinski definition) is 2. The Bertz CT molecular complexity index is 697. The normalized spacial score (nSPS) is 23.0. The lowest BCUT2D eigenvalue weighted by atomic mass is 9.89. The summed E-state index contributed by atoms with van der Waals surface area (Å²) >= 11 is 3.80. The molecule has 1 saturated carbocycles. The van der Waals surface area contributed by atoms with E-state index in [0.717, 1.165) is 36.2 Å². The molecule has 1 aliphatic rings. The molecule has 1 heterocycles. The van der Waals surface area contributed by atoms with E-state index < -0.39 is 0 Å². The van der Waals surface area contributed by atoms with E-state index in [1.54, 1.807) is 0 Å². The van der Waals surface area contributed by atoms with E-state index in [2.05, 4.69) is 38.4 Å². The number of nitrogens with zero attached hydrogens (tertiary/aromatic N) is 1. The van der Waals surface area contributed by atoms with Crippen molar-refractivity contribution in [3.8, 4) is 0 Å². The topological polar surface area (TPSA) is 24.9 Å². The minimum Gasteiger partial charge on any atom is -0.381 e. The molecule has 2 atom stereocenters. The molecule has 2 nitrogen and oxygen atoms in total. The Hall–Kier alpha value is -1.68. The van der Waals surface area contributed by atoms with E-state index in [1.165, 1.54) is 17.7 Å². The van der Waals surface area contributed by atoms with Crippen LogP contribution in [0.4, 0.5) is 10.1 Å². The van der Waals surface area contributed by atoms with Crippen molar-refractivity contribution < 1.29 is 4.39 Å². The highest BCUT2D eigenvalue weighted by molar-refractivity contribution is 9.09. The lowest BCUT2D eigenvalue weighted by Gasteiger charge is -2.30. The Morgan fingerprint density at radius 3 is 2.74 bits per heavy atom. The molecule has 0 saturated heterocycles. The van der Waals surface area contributed by atoms with Gasteiger partial charge in [0.15, 0.2) is 0 Å². The minimum atomic E-state index is -0.192. The molecule has 0 aliphatic heterocycles. The van der Waals surface area contributed by atoms with Crippen LogP contribution in [-0.4, -0.2) is 15.9 Å². The van der Waals surface area contributed by atoms with Gasteiger partial charge in [-0.1, -0.05) is 39.7 Å². The molecule has 1 aliphatic carbocycles. The fraction of sp³-hybridized carbons (Fsp3) is 0.316. The first-order chi connectivity index (χ1) is 11.1. The van der Waals surface area contributed by atoms with Crippen molar-refractivity contribution in [2.45, 2.75) is 37.1 Å². The smallest absolute Gasteiger partial charge is 0.123 e. The molecule has 2 unspecified atom stereocenters. The summed E-state index contributed by atoms with van der Waals surface area (Å²) in [5, 5.41) is 3.60. The number of allylic oxidation sites excluding steroid dienone is 1. The fourth-order valence-corrected chi connectivity index (χ4v) is 3.75. The van der Waals surface area contributed by atoms with Crippen molar-refractivity contribution in [2.75, 3.05) is 5.32 Å². The summed E-state index contributed by atoms with van der Waals surface area (Å²) in [5.41, 5.74) is 4.58. The predicted molar refractivity (Wildman–Crippen MR) is 97.3 cm³/mol. The van der Waals surface area contributed by atoms with Crippen LogP contribution in [0.25, 0.3) is 6.08 Å². The molecule has 1 aromatic carbocycles. The van der Waals surface area contributed by atoms with E-state index in [4.69, 9.17) is 0 Å². The molecule has 3 rings (SSSR count). The third-order valence-corrected chi connectivity index (χ3v) is 5.23. The summed E-state index contributed by atoms with van der Waals surface area (Å²) in [5.74, 6) is -0.192. The Morgan fingerprint density at radius 2 is 2.04 bits per heavy atom. The highest BCUT2D eigenvalue weighted by Gasteiger charge is 2.24. The first-order valence-corrected chi connectivity index (χ1v) is 8.81. The first-order valence-electron chi connectivity index (χ1n) is 7.90. The molecular formula is C19H20BrFN2. The van der Waals surface area contributed by atoms with Gasteiger partial charge in [-0.25, -0.2) is 4.39 Å². The quantitative estimate of drug-likeness (QED) is 0.733. The summed E-state index contributed by atoms with van der Waals surface area (Å²) in [6.07, 6.45) is 7.14. The number of alkyl halides is 1. The lowest BCUT2D eigenvalue weighted by molar-refractivity contribution is 0.554. The number of rotatable bonds is 3. The van der Waals surface area contributed by atoms with Gasteiger partial charge in [0.05, 0.1) is 11.4 Å².